The van der Waals surface area contributed by atoms with Crippen LogP contribution < -0.4 is 9.64 Å². The Labute approximate surface area is 199 Å². The predicted molar refractivity (Wildman–Crippen MR) is 113 cm³/mol. The van der Waals surface area contributed by atoms with Crippen LogP contribution >= 0.6 is 23.2 Å². The quantitative estimate of drug-likeness (QED) is 0.442. The minimum Gasteiger partial charge on any atom is -0.450 e. The van der Waals surface area contributed by atoms with Crippen molar-refractivity contribution >= 4 is 34.9 Å². The largest absolute Gasteiger partial charge is 0.457 e. The first-order valence-electron chi connectivity index (χ1n) is 9.70. The first kappa shape index (κ1) is 24.0. The topological polar surface area (TPSA) is 89.3 Å². The molecule has 0 aliphatic carbocycles. The molecule has 15 heteroatoms. The first-order valence-corrected chi connectivity index (χ1v) is 10.5. The maximum atomic E-state index is 13.4. The van der Waals surface area contributed by atoms with Crippen LogP contribution in [0.5, 0.6) is 5.75 Å². The fraction of sp³-hybridized carbons (Fsp3) is 0.316. The Hall–Kier alpha value is -3.19. The Kier molecular flexibility index (Phi) is 6.49. The van der Waals surface area contributed by atoms with E-state index >= 15 is 0 Å². The van der Waals surface area contributed by atoms with Crippen molar-refractivity contribution in [1.29, 1.82) is 0 Å². The highest BCUT2D eigenvalue weighted by molar-refractivity contribution is 6.37. The number of carbonyl (C=O) groups excluding carboxylic acids is 1. The normalized spacial score (nSPS) is 16.1. The molecule has 34 heavy (non-hydrogen) atoms. The first-order chi connectivity index (χ1) is 16.1. The van der Waals surface area contributed by atoms with Crippen LogP contribution in [0.1, 0.15) is 18.8 Å². The van der Waals surface area contributed by atoms with Gasteiger partial charge in [-0.1, -0.05) is 23.2 Å². The number of amides is 2. The fourth-order valence-corrected chi connectivity index (χ4v) is 3.89. The molecular formula is C19H15Cl2F4N7O2. The average molecular weight is 520 g/mol. The number of benzene rings is 1. The lowest BCUT2D eigenvalue weighted by atomic mass is 10.2. The Morgan fingerprint density at radius 1 is 1.09 bits per heavy atom. The van der Waals surface area contributed by atoms with E-state index in [0.29, 0.717) is 5.82 Å². The molecular weight excluding hydrogens is 505 g/mol. The molecule has 1 fully saturated rings. The summed E-state index contributed by atoms with van der Waals surface area (Å²) in [5.41, 5.74) is 0.0167. The van der Waals surface area contributed by atoms with E-state index < -0.39 is 30.4 Å². The van der Waals surface area contributed by atoms with Crippen molar-refractivity contribution in [2.75, 3.05) is 18.0 Å². The summed E-state index contributed by atoms with van der Waals surface area (Å²) in [6.07, 6.45) is -4.49. The van der Waals surface area contributed by atoms with Crippen molar-refractivity contribution in [1.82, 2.24) is 29.6 Å². The van der Waals surface area contributed by atoms with E-state index in [2.05, 4.69) is 24.8 Å². The molecule has 2 atom stereocenters. The Balaban J connectivity index is 1.59. The molecule has 180 valence electrons. The van der Waals surface area contributed by atoms with Crippen LogP contribution in [0.4, 0.5) is 28.0 Å². The molecule has 1 saturated heterocycles. The van der Waals surface area contributed by atoms with Crippen LogP contribution in [-0.2, 0) is 0 Å². The van der Waals surface area contributed by atoms with Crippen molar-refractivity contribution in [3.05, 3.63) is 52.8 Å². The second-order valence-corrected chi connectivity index (χ2v) is 7.91. The lowest BCUT2D eigenvalue weighted by Crippen LogP contribution is -2.35. The molecule has 0 N–H and O–H groups in total. The third-order valence-electron chi connectivity index (χ3n) is 4.98. The van der Waals surface area contributed by atoms with Crippen LogP contribution in [0.3, 0.4) is 0 Å². The summed E-state index contributed by atoms with van der Waals surface area (Å²) in [7, 11) is 0. The van der Waals surface area contributed by atoms with Gasteiger partial charge in [0.2, 0.25) is 0 Å². The molecule has 1 unspecified atom stereocenters. The molecule has 9 nitrogen and oxygen atoms in total. The summed E-state index contributed by atoms with van der Waals surface area (Å²) in [5.74, 6) is 0.0440. The van der Waals surface area contributed by atoms with Gasteiger partial charge in [0.25, 0.3) is 5.95 Å². The van der Waals surface area contributed by atoms with E-state index in [9.17, 15) is 22.4 Å². The number of hydrogen-bond donors (Lipinski definition) is 0. The number of aromatic nitrogens is 5. The summed E-state index contributed by atoms with van der Waals surface area (Å²) in [4.78, 5) is 28.3. The molecule has 0 saturated carbocycles. The maximum Gasteiger partial charge on any atom is 0.457 e. The van der Waals surface area contributed by atoms with Gasteiger partial charge < -0.3 is 9.64 Å². The zero-order chi connectivity index (χ0) is 24.6. The summed E-state index contributed by atoms with van der Waals surface area (Å²) in [6, 6.07) is 2.62. The monoisotopic (exact) mass is 519 g/mol. The van der Waals surface area contributed by atoms with Gasteiger partial charge in [0.15, 0.2) is 5.82 Å². The number of carbonyl (C=O) groups is 1. The number of ether oxygens (including phenoxy) is 1. The summed E-state index contributed by atoms with van der Waals surface area (Å²) < 4.78 is 56.9. The number of rotatable bonds is 6. The zero-order valence-electron chi connectivity index (χ0n) is 17.2. The SMILES string of the molecule is C[C@@H](c1ncnn1-c1ncccn1)N1CCN(c2cc(OC(F)C(F)(F)F)c(Cl)cc2Cl)C1=O. The van der Waals surface area contributed by atoms with Gasteiger partial charge in [0.05, 0.1) is 21.8 Å². The molecule has 3 heterocycles. The Bertz CT molecular complexity index is 1200. The van der Waals surface area contributed by atoms with Crippen LogP contribution in [0.25, 0.3) is 5.95 Å². The fourth-order valence-electron chi connectivity index (χ4n) is 3.36. The van der Waals surface area contributed by atoms with Gasteiger partial charge >= 0.3 is 18.6 Å². The van der Waals surface area contributed by atoms with E-state index in [1.807, 2.05) is 0 Å². The number of alkyl halides is 4. The molecule has 1 aliphatic heterocycles. The van der Waals surface area contributed by atoms with Gasteiger partial charge in [-0.05, 0) is 19.1 Å². The molecule has 2 aromatic heterocycles. The van der Waals surface area contributed by atoms with E-state index in [0.717, 1.165) is 12.1 Å². The summed E-state index contributed by atoms with van der Waals surface area (Å²) in [5, 5.41) is 3.75. The Morgan fingerprint density at radius 3 is 2.47 bits per heavy atom. The van der Waals surface area contributed by atoms with E-state index in [-0.39, 0.29) is 34.8 Å². The van der Waals surface area contributed by atoms with Crippen molar-refractivity contribution in [3.63, 3.8) is 0 Å². The van der Waals surface area contributed by atoms with Crippen LogP contribution in [0, 0.1) is 0 Å². The molecule has 0 radical (unpaired) electrons. The predicted octanol–water partition coefficient (Wildman–Crippen LogP) is 4.60. The Morgan fingerprint density at radius 2 is 1.79 bits per heavy atom. The third kappa shape index (κ3) is 4.57. The van der Waals surface area contributed by atoms with Gasteiger partial charge in [0.1, 0.15) is 12.1 Å². The average Bonchev–Trinajstić information content (AvgIpc) is 3.42. The van der Waals surface area contributed by atoms with E-state index in [1.54, 1.807) is 13.0 Å². The number of urea groups is 1. The van der Waals surface area contributed by atoms with Crippen LogP contribution in [-0.4, -0.2) is 61.3 Å². The number of nitrogens with zero attached hydrogens (tertiary/aromatic N) is 7. The highest BCUT2D eigenvalue weighted by atomic mass is 35.5. The summed E-state index contributed by atoms with van der Waals surface area (Å²) in [6.45, 7) is 2.09. The van der Waals surface area contributed by atoms with Crippen LogP contribution in [0.15, 0.2) is 36.9 Å². The minimum atomic E-state index is -5.25. The molecule has 0 spiro atoms. The molecule has 2 amide bonds. The van der Waals surface area contributed by atoms with Gasteiger partial charge in [-0.3, -0.25) is 4.90 Å². The van der Waals surface area contributed by atoms with Crippen molar-refractivity contribution < 1.29 is 27.1 Å². The molecule has 4 rings (SSSR count). The van der Waals surface area contributed by atoms with Crippen molar-refractivity contribution in [2.45, 2.75) is 25.5 Å². The maximum absolute atomic E-state index is 13.4. The molecule has 1 aliphatic rings. The summed E-state index contributed by atoms with van der Waals surface area (Å²) >= 11 is 12.1. The minimum absolute atomic E-state index is 0.0167. The molecule has 1 aromatic carbocycles. The lowest BCUT2D eigenvalue weighted by Gasteiger charge is -2.25. The third-order valence-corrected chi connectivity index (χ3v) is 5.58. The van der Waals surface area contributed by atoms with Crippen molar-refractivity contribution in [2.24, 2.45) is 0 Å². The molecule has 3 aromatic rings. The van der Waals surface area contributed by atoms with E-state index in [1.165, 1.54) is 33.2 Å². The number of anilines is 1. The zero-order valence-corrected chi connectivity index (χ0v) is 18.8. The highest BCUT2D eigenvalue weighted by Crippen LogP contribution is 2.40. The second-order valence-electron chi connectivity index (χ2n) is 7.09. The smallest absolute Gasteiger partial charge is 0.450 e. The van der Waals surface area contributed by atoms with E-state index in [4.69, 9.17) is 23.2 Å². The van der Waals surface area contributed by atoms with Crippen LogP contribution in [0.2, 0.25) is 10.0 Å². The molecule has 0 bridgehead atoms. The van der Waals surface area contributed by atoms with Gasteiger partial charge in [-0.2, -0.15) is 27.3 Å². The lowest BCUT2D eigenvalue weighted by molar-refractivity contribution is -0.236. The van der Waals surface area contributed by atoms with Gasteiger partial charge in [-0.25, -0.2) is 19.7 Å². The standard InChI is InChI=1S/C19H15Cl2F4N7O2/c1-10(15-28-9-29-32(15)17-26-3-2-4-27-17)30-5-6-31(18(30)33)13-8-14(12(21)7-11(13)20)34-16(22)19(23,24)25/h2-4,7-10,16H,5-6H2,1H3/t10-,16?/m0/s1. The van der Waals surface area contributed by atoms with Gasteiger partial charge in [-0.15, -0.1) is 0 Å². The second kappa shape index (κ2) is 9.22. The highest BCUT2D eigenvalue weighted by Gasteiger charge is 2.43. The van der Waals surface area contributed by atoms with Gasteiger partial charge in [0, 0.05) is 31.5 Å². The van der Waals surface area contributed by atoms with Crippen molar-refractivity contribution in [3.8, 4) is 11.7 Å². The number of hydrogen-bond acceptors (Lipinski definition) is 6. The number of halogens is 6.